The van der Waals surface area contributed by atoms with E-state index in [1.54, 1.807) is 7.11 Å². The third kappa shape index (κ3) is 6.61. The molecule has 21 heavy (non-hydrogen) atoms. The molecule has 2 rings (SSSR count). The summed E-state index contributed by atoms with van der Waals surface area (Å²) in [5.41, 5.74) is 0. The van der Waals surface area contributed by atoms with Gasteiger partial charge in [-0.3, -0.25) is 4.90 Å². The van der Waals surface area contributed by atoms with Crippen molar-refractivity contribution in [1.29, 1.82) is 0 Å². The number of hydrogen-bond donors (Lipinski definition) is 2. The van der Waals surface area contributed by atoms with Crippen LogP contribution in [0.25, 0.3) is 0 Å². The van der Waals surface area contributed by atoms with Crippen molar-refractivity contribution in [2.24, 2.45) is 0 Å². The van der Waals surface area contributed by atoms with Gasteiger partial charge in [0.15, 0.2) is 0 Å². The lowest BCUT2D eigenvalue weighted by atomic mass is 10.0. The normalized spacial score (nSPS) is 26.0. The molecular weight excluding hydrogens is 268 g/mol. The third-order valence-corrected chi connectivity index (χ3v) is 4.35. The zero-order valence-electron chi connectivity index (χ0n) is 13.6. The van der Waals surface area contributed by atoms with E-state index in [4.69, 9.17) is 9.47 Å². The molecule has 0 aromatic carbocycles. The molecule has 2 N–H and O–H groups in total. The highest BCUT2D eigenvalue weighted by atomic mass is 16.5. The number of aliphatic hydroxyl groups excluding tert-OH is 1. The first-order valence-electron chi connectivity index (χ1n) is 8.45. The molecule has 3 unspecified atom stereocenters. The molecule has 0 aromatic heterocycles. The number of ether oxygens (including phenoxy) is 2. The molecule has 3 atom stereocenters. The van der Waals surface area contributed by atoms with Crippen LogP contribution in [-0.4, -0.2) is 74.3 Å². The van der Waals surface area contributed by atoms with Crippen molar-refractivity contribution in [3.05, 3.63) is 0 Å². The Morgan fingerprint density at radius 1 is 1.24 bits per heavy atom. The lowest BCUT2D eigenvalue weighted by molar-refractivity contribution is -0.0410. The predicted octanol–water partition coefficient (Wildman–Crippen LogP) is 1.01. The topological polar surface area (TPSA) is 54.0 Å². The van der Waals surface area contributed by atoms with Gasteiger partial charge >= 0.3 is 0 Å². The Kier molecular flexibility index (Phi) is 7.40. The van der Waals surface area contributed by atoms with Gasteiger partial charge in [0.1, 0.15) is 0 Å². The quantitative estimate of drug-likeness (QED) is 0.630. The Balaban J connectivity index is 1.68. The van der Waals surface area contributed by atoms with Crippen molar-refractivity contribution in [3.8, 4) is 0 Å². The first-order valence-corrected chi connectivity index (χ1v) is 8.45. The number of aliphatic hydroxyl groups is 1. The van der Waals surface area contributed by atoms with Crippen LogP contribution >= 0.6 is 0 Å². The molecule has 0 spiro atoms. The smallest absolute Gasteiger partial charge is 0.0900 e. The Labute approximate surface area is 129 Å². The minimum absolute atomic E-state index is 0.0408. The molecule has 2 aliphatic rings. The molecule has 5 heteroatoms. The molecule has 124 valence electrons. The second-order valence-electron chi connectivity index (χ2n) is 6.59. The second-order valence-corrected chi connectivity index (χ2v) is 6.59. The Morgan fingerprint density at radius 3 is 2.67 bits per heavy atom. The molecule has 0 aromatic rings. The summed E-state index contributed by atoms with van der Waals surface area (Å²) in [6.07, 6.45) is 6.08. The number of hydrogen-bond acceptors (Lipinski definition) is 5. The largest absolute Gasteiger partial charge is 0.389 e. The molecule has 1 heterocycles. The molecule has 5 nitrogen and oxygen atoms in total. The van der Waals surface area contributed by atoms with Gasteiger partial charge < -0.3 is 19.9 Å². The lowest BCUT2D eigenvalue weighted by Gasteiger charge is -2.32. The molecule has 1 saturated carbocycles. The molecule has 1 aliphatic carbocycles. The van der Waals surface area contributed by atoms with Crippen molar-refractivity contribution in [2.45, 2.75) is 63.3 Å². The van der Waals surface area contributed by atoms with Crippen molar-refractivity contribution < 1.29 is 14.6 Å². The van der Waals surface area contributed by atoms with Crippen LogP contribution in [0.3, 0.4) is 0 Å². The van der Waals surface area contributed by atoms with Gasteiger partial charge in [-0.2, -0.15) is 0 Å². The summed E-state index contributed by atoms with van der Waals surface area (Å²) >= 11 is 0. The van der Waals surface area contributed by atoms with Gasteiger partial charge in [0.2, 0.25) is 0 Å². The first kappa shape index (κ1) is 17.2. The van der Waals surface area contributed by atoms with Gasteiger partial charge in [-0.05, 0) is 39.2 Å². The van der Waals surface area contributed by atoms with E-state index in [0.717, 1.165) is 19.6 Å². The molecular formula is C16H32N2O3. The summed E-state index contributed by atoms with van der Waals surface area (Å²) in [5.74, 6) is 0. The van der Waals surface area contributed by atoms with E-state index in [2.05, 4.69) is 10.2 Å². The number of rotatable bonds is 10. The van der Waals surface area contributed by atoms with Crippen LogP contribution in [-0.2, 0) is 9.47 Å². The number of nitrogens with zero attached hydrogens (tertiary/aromatic N) is 1. The van der Waals surface area contributed by atoms with Gasteiger partial charge in [0, 0.05) is 32.3 Å². The summed E-state index contributed by atoms with van der Waals surface area (Å²) in [6, 6.07) is 1.28. The Bertz CT molecular complexity index is 281. The minimum Gasteiger partial charge on any atom is -0.389 e. The molecule has 0 bridgehead atoms. The highest BCUT2D eigenvalue weighted by Crippen LogP contribution is 2.27. The summed E-state index contributed by atoms with van der Waals surface area (Å²) in [5, 5.41) is 13.8. The van der Waals surface area contributed by atoms with Crippen molar-refractivity contribution in [1.82, 2.24) is 10.2 Å². The Hall–Kier alpha value is -0.200. The number of nitrogens with one attached hydrogen (secondary N) is 1. The molecule has 0 amide bonds. The molecule has 2 fully saturated rings. The van der Waals surface area contributed by atoms with E-state index in [-0.39, 0.29) is 6.10 Å². The highest BCUT2D eigenvalue weighted by molar-refractivity contribution is 4.89. The van der Waals surface area contributed by atoms with E-state index in [9.17, 15) is 5.11 Å². The molecule has 1 aliphatic heterocycles. The van der Waals surface area contributed by atoms with Crippen molar-refractivity contribution >= 4 is 0 Å². The van der Waals surface area contributed by atoms with Crippen LogP contribution in [0, 0.1) is 0 Å². The fourth-order valence-corrected chi connectivity index (χ4v) is 3.06. The summed E-state index contributed by atoms with van der Waals surface area (Å²) in [4.78, 5) is 2.46. The summed E-state index contributed by atoms with van der Waals surface area (Å²) in [6.45, 7) is 5.87. The lowest BCUT2D eigenvalue weighted by Crippen LogP contribution is -2.47. The van der Waals surface area contributed by atoms with Crippen molar-refractivity contribution in [3.63, 3.8) is 0 Å². The van der Waals surface area contributed by atoms with Crippen LogP contribution in [0.15, 0.2) is 0 Å². The van der Waals surface area contributed by atoms with Gasteiger partial charge in [-0.25, -0.2) is 0 Å². The van der Waals surface area contributed by atoms with E-state index in [1.807, 2.05) is 6.92 Å². The highest BCUT2D eigenvalue weighted by Gasteiger charge is 2.32. The fraction of sp³-hybridized carbons (Fsp3) is 1.00. The zero-order valence-corrected chi connectivity index (χ0v) is 13.6. The number of methoxy groups -OCH3 is 1. The zero-order chi connectivity index (χ0) is 15.1. The summed E-state index contributed by atoms with van der Waals surface area (Å²) < 4.78 is 10.7. The molecule has 1 saturated heterocycles. The second kappa shape index (κ2) is 9.06. The predicted molar refractivity (Wildman–Crippen MR) is 83.5 cm³/mol. The van der Waals surface area contributed by atoms with Crippen LogP contribution in [0.2, 0.25) is 0 Å². The maximum absolute atomic E-state index is 10.2. The first-order chi connectivity index (χ1) is 10.2. The third-order valence-electron chi connectivity index (χ3n) is 4.35. The summed E-state index contributed by atoms with van der Waals surface area (Å²) in [7, 11) is 1.67. The van der Waals surface area contributed by atoms with Gasteiger partial charge in [0.05, 0.1) is 25.4 Å². The van der Waals surface area contributed by atoms with Gasteiger partial charge in [0.25, 0.3) is 0 Å². The van der Waals surface area contributed by atoms with E-state index < -0.39 is 6.10 Å². The van der Waals surface area contributed by atoms with Gasteiger partial charge in [-0.15, -0.1) is 0 Å². The maximum atomic E-state index is 10.2. The monoisotopic (exact) mass is 300 g/mol. The fourth-order valence-electron chi connectivity index (χ4n) is 3.06. The molecule has 0 radical (unpaired) electrons. The van der Waals surface area contributed by atoms with E-state index in [0.29, 0.717) is 25.3 Å². The minimum atomic E-state index is -0.409. The van der Waals surface area contributed by atoms with Gasteiger partial charge in [-0.1, -0.05) is 6.42 Å². The van der Waals surface area contributed by atoms with Crippen LogP contribution < -0.4 is 5.32 Å². The van der Waals surface area contributed by atoms with E-state index in [1.165, 1.54) is 32.1 Å². The van der Waals surface area contributed by atoms with Crippen molar-refractivity contribution in [2.75, 3.05) is 40.0 Å². The maximum Gasteiger partial charge on any atom is 0.0900 e. The number of piperidine rings is 1. The van der Waals surface area contributed by atoms with Crippen LogP contribution in [0.5, 0.6) is 0 Å². The average molecular weight is 300 g/mol. The SMILES string of the molecule is COCC(C)OCC(O)CN(CC1CCCCN1)C1CC1. The van der Waals surface area contributed by atoms with Crippen LogP contribution in [0.4, 0.5) is 0 Å². The Morgan fingerprint density at radius 2 is 2.05 bits per heavy atom. The standard InChI is InChI=1S/C16H32N2O3/c1-13(11-20-2)21-12-16(19)10-18(15-6-7-15)9-14-5-3-4-8-17-14/h13-17,19H,3-12H2,1-2H3. The van der Waals surface area contributed by atoms with Crippen LogP contribution in [0.1, 0.15) is 39.0 Å². The average Bonchev–Trinajstić information content (AvgIpc) is 3.30. The van der Waals surface area contributed by atoms with E-state index >= 15 is 0 Å².